The van der Waals surface area contributed by atoms with E-state index in [4.69, 9.17) is 32.7 Å². The minimum absolute atomic E-state index is 0.193. The Morgan fingerprint density at radius 3 is 2.65 bits per heavy atom. The Morgan fingerprint density at radius 1 is 1.17 bits per heavy atom. The van der Waals surface area contributed by atoms with Crippen LogP contribution in [-0.2, 0) is 4.79 Å². The summed E-state index contributed by atoms with van der Waals surface area (Å²) in [5.74, 6) is 0.617. The van der Waals surface area contributed by atoms with Gasteiger partial charge in [-0.1, -0.05) is 47.5 Å². The number of benzene rings is 2. The smallest absolute Gasteiger partial charge is 0.277 e. The molecule has 0 unspecified atom stereocenters. The summed E-state index contributed by atoms with van der Waals surface area (Å²) in [5, 5.41) is 4.61. The highest BCUT2D eigenvalue weighted by Gasteiger charge is 2.06. The zero-order valence-corrected chi connectivity index (χ0v) is 13.8. The van der Waals surface area contributed by atoms with Crippen molar-refractivity contribution in [2.45, 2.75) is 0 Å². The molecule has 5 nitrogen and oxygen atoms in total. The molecule has 0 atom stereocenters. The predicted molar refractivity (Wildman–Crippen MR) is 90.7 cm³/mol. The van der Waals surface area contributed by atoms with E-state index >= 15 is 0 Å². The third-order valence-corrected chi connectivity index (χ3v) is 3.64. The van der Waals surface area contributed by atoms with Crippen LogP contribution in [0.15, 0.2) is 47.6 Å². The van der Waals surface area contributed by atoms with Gasteiger partial charge < -0.3 is 9.47 Å². The fourth-order valence-electron chi connectivity index (χ4n) is 1.71. The van der Waals surface area contributed by atoms with Gasteiger partial charge in [-0.15, -0.1) is 0 Å². The second-order valence-electron chi connectivity index (χ2n) is 4.38. The molecule has 1 N–H and O–H groups in total. The largest absolute Gasteiger partial charge is 0.493 e. The van der Waals surface area contributed by atoms with Crippen LogP contribution in [0, 0.1) is 0 Å². The number of halogens is 2. The lowest BCUT2D eigenvalue weighted by Gasteiger charge is -2.09. The van der Waals surface area contributed by atoms with Gasteiger partial charge in [0.2, 0.25) is 0 Å². The minimum atomic E-state index is -0.412. The van der Waals surface area contributed by atoms with Gasteiger partial charge >= 0.3 is 0 Å². The van der Waals surface area contributed by atoms with E-state index in [1.54, 1.807) is 36.4 Å². The highest BCUT2D eigenvalue weighted by Crippen LogP contribution is 2.25. The standard InChI is InChI=1S/C16H14Cl2N2O3/c1-22-13-7-2-3-8-14(13)23-10-15(21)20-19-9-11-5-4-6-12(17)16(11)18/h2-9H,10H2,1H3,(H,20,21)/b19-9+. The number of carbonyl (C=O) groups excluding carboxylic acids is 1. The van der Waals surface area contributed by atoms with Crippen LogP contribution >= 0.6 is 23.2 Å². The predicted octanol–water partition coefficient (Wildman–Crippen LogP) is 3.53. The molecule has 0 bridgehead atoms. The average molecular weight is 353 g/mol. The molecule has 1 amide bonds. The number of nitrogens with one attached hydrogen (secondary N) is 1. The zero-order chi connectivity index (χ0) is 16.7. The Morgan fingerprint density at radius 2 is 1.91 bits per heavy atom. The van der Waals surface area contributed by atoms with E-state index < -0.39 is 5.91 Å². The Labute approximate surface area is 143 Å². The van der Waals surface area contributed by atoms with Crippen LogP contribution in [0.2, 0.25) is 10.0 Å². The second kappa shape index (κ2) is 8.41. The maximum Gasteiger partial charge on any atom is 0.277 e. The van der Waals surface area contributed by atoms with Crippen molar-refractivity contribution < 1.29 is 14.3 Å². The van der Waals surface area contributed by atoms with E-state index in [0.29, 0.717) is 27.1 Å². The van der Waals surface area contributed by atoms with Crippen molar-refractivity contribution >= 4 is 35.3 Å². The molecular weight excluding hydrogens is 339 g/mol. The fourth-order valence-corrected chi connectivity index (χ4v) is 2.06. The normalized spacial score (nSPS) is 10.6. The third kappa shape index (κ3) is 4.87. The zero-order valence-electron chi connectivity index (χ0n) is 12.3. The van der Waals surface area contributed by atoms with Gasteiger partial charge in [0.1, 0.15) is 0 Å². The van der Waals surface area contributed by atoms with Crippen LogP contribution in [0.1, 0.15) is 5.56 Å². The summed E-state index contributed by atoms with van der Waals surface area (Å²) in [4.78, 5) is 11.7. The van der Waals surface area contributed by atoms with Gasteiger partial charge in [-0.3, -0.25) is 4.79 Å². The van der Waals surface area contributed by atoms with Crippen molar-refractivity contribution in [3.63, 3.8) is 0 Å². The Bertz CT molecular complexity index is 720. The molecular formula is C16H14Cl2N2O3. The molecule has 2 aromatic rings. The molecule has 0 fully saturated rings. The number of hydrogen-bond acceptors (Lipinski definition) is 4. The van der Waals surface area contributed by atoms with Crippen molar-refractivity contribution in [2.24, 2.45) is 5.10 Å². The molecule has 2 aromatic carbocycles. The van der Waals surface area contributed by atoms with Gasteiger partial charge in [-0.2, -0.15) is 5.10 Å². The number of rotatable bonds is 6. The molecule has 0 saturated heterocycles. The van der Waals surface area contributed by atoms with Crippen molar-refractivity contribution in [3.05, 3.63) is 58.1 Å². The van der Waals surface area contributed by atoms with Crippen LogP contribution in [-0.4, -0.2) is 25.8 Å². The van der Waals surface area contributed by atoms with Crippen molar-refractivity contribution in [2.75, 3.05) is 13.7 Å². The molecule has 0 aromatic heterocycles. The van der Waals surface area contributed by atoms with Gasteiger partial charge in [-0.05, 0) is 18.2 Å². The van der Waals surface area contributed by atoms with Crippen LogP contribution in [0.25, 0.3) is 0 Å². The first-order valence-electron chi connectivity index (χ1n) is 6.63. The lowest BCUT2D eigenvalue weighted by Crippen LogP contribution is -2.24. The topological polar surface area (TPSA) is 59.9 Å². The lowest BCUT2D eigenvalue weighted by atomic mass is 10.2. The number of carbonyl (C=O) groups is 1. The minimum Gasteiger partial charge on any atom is -0.493 e. The number of para-hydroxylation sites is 2. The number of hydrazone groups is 1. The van der Waals surface area contributed by atoms with E-state index in [-0.39, 0.29) is 6.61 Å². The van der Waals surface area contributed by atoms with Gasteiger partial charge in [-0.25, -0.2) is 5.43 Å². The number of methoxy groups -OCH3 is 1. The van der Waals surface area contributed by atoms with Crippen molar-refractivity contribution in [1.29, 1.82) is 0 Å². The molecule has 0 aliphatic heterocycles. The molecule has 0 radical (unpaired) electrons. The molecule has 120 valence electrons. The van der Waals surface area contributed by atoms with E-state index in [0.717, 1.165) is 0 Å². The number of amides is 1. The number of hydrogen-bond donors (Lipinski definition) is 1. The summed E-state index contributed by atoms with van der Waals surface area (Å²) in [5.41, 5.74) is 2.95. The van der Waals surface area contributed by atoms with E-state index in [2.05, 4.69) is 10.5 Å². The summed E-state index contributed by atoms with van der Waals surface area (Å²) in [7, 11) is 1.53. The van der Waals surface area contributed by atoms with Crippen LogP contribution in [0.5, 0.6) is 11.5 Å². The number of ether oxygens (including phenoxy) is 2. The van der Waals surface area contributed by atoms with Crippen molar-refractivity contribution in [1.82, 2.24) is 5.43 Å². The summed E-state index contributed by atoms with van der Waals surface area (Å²) in [6.07, 6.45) is 1.41. The lowest BCUT2D eigenvalue weighted by molar-refractivity contribution is -0.123. The van der Waals surface area contributed by atoms with Crippen molar-refractivity contribution in [3.8, 4) is 11.5 Å². The van der Waals surface area contributed by atoms with E-state index in [9.17, 15) is 4.79 Å². The molecule has 23 heavy (non-hydrogen) atoms. The van der Waals surface area contributed by atoms with Gasteiger partial charge in [0.15, 0.2) is 18.1 Å². The van der Waals surface area contributed by atoms with Gasteiger partial charge in [0, 0.05) is 5.56 Å². The molecule has 2 rings (SSSR count). The Hall–Kier alpha value is -2.24. The SMILES string of the molecule is COc1ccccc1OCC(=O)N/N=C/c1cccc(Cl)c1Cl. The Kier molecular flexibility index (Phi) is 6.26. The van der Waals surface area contributed by atoms with Crippen LogP contribution in [0.3, 0.4) is 0 Å². The number of nitrogens with zero attached hydrogens (tertiary/aromatic N) is 1. The quantitative estimate of drug-likeness (QED) is 0.638. The van der Waals surface area contributed by atoms with Gasteiger partial charge in [0.25, 0.3) is 5.91 Å². The van der Waals surface area contributed by atoms with Crippen LogP contribution < -0.4 is 14.9 Å². The molecule has 0 spiro atoms. The molecule has 0 aliphatic rings. The molecule has 0 aliphatic carbocycles. The third-order valence-electron chi connectivity index (χ3n) is 2.80. The fraction of sp³-hybridized carbons (Fsp3) is 0.125. The van der Waals surface area contributed by atoms with E-state index in [1.807, 2.05) is 6.07 Å². The summed E-state index contributed by atoms with van der Waals surface area (Å²) < 4.78 is 10.5. The summed E-state index contributed by atoms with van der Waals surface area (Å²) in [6.45, 7) is -0.193. The van der Waals surface area contributed by atoms with Crippen LogP contribution in [0.4, 0.5) is 0 Å². The molecule has 0 saturated carbocycles. The average Bonchev–Trinajstić information content (AvgIpc) is 2.57. The van der Waals surface area contributed by atoms with E-state index in [1.165, 1.54) is 13.3 Å². The highest BCUT2D eigenvalue weighted by atomic mass is 35.5. The molecule has 7 heteroatoms. The highest BCUT2D eigenvalue weighted by molar-refractivity contribution is 6.43. The first-order chi connectivity index (χ1) is 11.1. The Balaban J connectivity index is 1.88. The monoisotopic (exact) mass is 352 g/mol. The van der Waals surface area contributed by atoms with Gasteiger partial charge in [0.05, 0.1) is 23.4 Å². The summed E-state index contributed by atoms with van der Waals surface area (Å²) >= 11 is 11.9. The second-order valence-corrected chi connectivity index (χ2v) is 5.16. The maximum absolute atomic E-state index is 11.7. The maximum atomic E-state index is 11.7. The first kappa shape index (κ1) is 17.1. The summed E-state index contributed by atoms with van der Waals surface area (Å²) in [6, 6.07) is 12.2. The molecule has 0 heterocycles. The first-order valence-corrected chi connectivity index (χ1v) is 7.39.